The van der Waals surface area contributed by atoms with Gasteiger partial charge in [-0.25, -0.2) is 0 Å². The number of rotatable bonds is 2. The lowest BCUT2D eigenvalue weighted by Crippen LogP contribution is -2.39. The number of methoxy groups -OCH3 is 1. The van der Waals surface area contributed by atoms with Crippen LogP contribution >= 0.6 is 31.9 Å². The Morgan fingerprint density at radius 3 is 2.47 bits per heavy atom. The number of likely N-dealkylation sites (tertiary alicyclic amines) is 1. The van der Waals surface area contributed by atoms with Crippen LogP contribution in [0.1, 0.15) is 31.2 Å². The van der Waals surface area contributed by atoms with Crippen molar-refractivity contribution in [3.8, 4) is 11.5 Å². The standard InChI is InChI=1S/C25H21Br2NO6/c1-9-6-15(29)13-7-12-10(4-5-11-18(12)25(33)28(2)24(11)32)17(19(13)22(9)30)14-8-16(34-3)23(31)21(27)20(14)26/h4,6,8,11-12,17-18,31H,5,7H2,1-3H3. The number of Topliss-reactive ketones (excluding diaryl/α,β-unsaturated/α-hetero) is 1. The van der Waals surface area contributed by atoms with Gasteiger partial charge in [-0.15, -0.1) is 0 Å². The van der Waals surface area contributed by atoms with Gasteiger partial charge >= 0.3 is 0 Å². The van der Waals surface area contributed by atoms with E-state index in [4.69, 9.17) is 4.74 Å². The van der Waals surface area contributed by atoms with Gasteiger partial charge in [0.2, 0.25) is 11.8 Å². The van der Waals surface area contributed by atoms with Crippen LogP contribution in [0.25, 0.3) is 0 Å². The molecular formula is C25H21Br2NO6. The average Bonchev–Trinajstić information content (AvgIpc) is 3.04. The lowest BCUT2D eigenvalue weighted by atomic mass is 9.59. The fourth-order valence-electron chi connectivity index (χ4n) is 5.85. The number of phenolic OH excluding ortho intramolecular Hbond substituents is 1. The smallest absolute Gasteiger partial charge is 0.233 e. The molecule has 0 saturated carbocycles. The molecule has 4 aliphatic rings. The molecule has 1 aliphatic heterocycles. The highest BCUT2D eigenvalue weighted by atomic mass is 79.9. The van der Waals surface area contributed by atoms with Gasteiger partial charge in [0.25, 0.3) is 0 Å². The molecule has 176 valence electrons. The number of ether oxygens (including phenoxy) is 1. The summed E-state index contributed by atoms with van der Waals surface area (Å²) in [6.07, 6.45) is 3.92. The molecule has 2 amide bonds. The number of allylic oxidation sites excluding steroid dienone is 6. The molecule has 1 heterocycles. The van der Waals surface area contributed by atoms with Crippen LogP contribution in [0.4, 0.5) is 0 Å². The van der Waals surface area contributed by atoms with E-state index in [-0.39, 0.29) is 41.3 Å². The Kier molecular flexibility index (Phi) is 5.48. The summed E-state index contributed by atoms with van der Waals surface area (Å²) in [6, 6.07) is 1.65. The summed E-state index contributed by atoms with van der Waals surface area (Å²) in [5.74, 6) is -2.89. The molecule has 1 N–H and O–H groups in total. The summed E-state index contributed by atoms with van der Waals surface area (Å²) in [6.45, 7) is 1.62. The summed E-state index contributed by atoms with van der Waals surface area (Å²) < 4.78 is 6.24. The van der Waals surface area contributed by atoms with E-state index in [0.29, 0.717) is 37.6 Å². The van der Waals surface area contributed by atoms with Crippen molar-refractivity contribution in [3.05, 3.63) is 55.0 Å². The van der Waals surface area contributed by atoms with Crippen molar-refractivity contribution >= 4 is 55.2 Å². The number of amides is 2. The van der Waals surface area contributed by atoms with Crippen molar-refractivity contribution in [2.24, 2.45) is 17.8 Å². The molecule has 0 spiro atoms. The van der Waals surface area contributed by atoms with Gasteiger partial charge in [0.1, 0.15) is 0 Å². The molecule has 1 aromatic rings. The Hall–Kier alpha value is -2.52. The molecule has 3 aliphatic carbocycles. The van der Waals surface area contributed by atoms with Crippen LogP contribution in [0, 0.1) is 17.8 Å². The normalized spacial score (nSPS) is 28.4. The summed E-state index contributed by atoms with van der Waals surface area (Å²) in [4.78, 5) is 53.5. The van der Waals surface area contributed by atoms with Crippen molar-refractivity contribution in [2.45, 2.75) is 25.7 Å². The highest BCUT2D eigenvalue weighted by Crippen LogP contribution is 2.57. The number of benzene rings is 1. The molecule has 1 aromatic carbocycles. The first-order chi connectivity index (χ1) is 16.1. The quantitative estimate of drug-likeness (QED) is 0.318. The number of halogens is 2. The zero-order chi connectivity index (χ0) is 24.6. The third kappa shape index (κ3) is 3.05. The van der Waals surface area contributed by atoms with Crippen molar-refractivity contribution in [2.75, 3.05) is 14.2 Å². The molecule has 4 atom stereocenters. The molecule has 0 bridgehead atoms. The van der Waals surface area contributed by atoms with Gasteiger partial charge in [0.05, 0.1) is 23.4 Å². The summed E-state index contributed by atoms with van der Waals surface area (Å²) >= 11 is 6.94. The van der Waals surface area contributed by atoms with Crippen LogP contribution in [0.5, 0.6) is 11.5 Å². The van der Waals surface area contributed by atoms with Gasteiger partial charge < -0.3 is 9.84 Å². The molecule has 34 heavy (non-hydrogen) atoms. The zero-order valence-corrected chi connectivity index (χ0v) is 21.8. The van der Waals surface area contributed by atoms with Crippen LogP contribution in [0.3, 0.4) is 0 Å². The molecule has 7 nitrogen and oxygen atoms in total. The van der Waals surface area contributed by atoms with E-state index < -0.39 is 23.7 Å². The maximum atomic E-state index is 13.4. The molecule has 9 heteroatoms. The summed E-state index contributed by atoms with van der Waals surface area (Å²) in [5.41, 5.74) is 2.59. The van der Waals surface area contributed by atoms with E-state index >= 15 is 0 Å². The lowest BCUT2D eigenvalue weighted by molar-refractivity contribution is -0.138. The van der Waals surface area contributed by atoms with Gasteiger partial charge in [0, 0.05) is 34.2 Å². The number of fused-ring (bicyclic) bond motifs is 3. The Bertz CT molecular complexity index is 1310. The lowest BCUT2D eigenvalue weighted by Gasteiger charge is -2.42. The maximum Gasteiger partial charge on any atom is 0.233 e. The second kappa shape index (κ2) is 8.02. The average molecular weight is 591 g/mol. The van der Waals surface area contributed by atoms with Crippen molar-refractivity contribution in [1.82, 2.24) is 4.90 Å². The number of ketones is 2. The maximum absolute atomic E-state index is 13.4. The van der Waals surface area contributed by atoms with E-state index in [1.807, 2.05) is 6.08 Å². The van der Waals surface area contributed by atoms with Crippen LogP contribution in [-0.2, 0) is 19.2 Å². The fourth-order valence-corrected chi connectivity index (χ4v) is 6.81. The Balaban J connectivity index is 1.78. The summed E-state index contributed by atoms with van der Waals surface area (Å²) in [5, 5.41) is 10.5. The number of hydrogen-bond donors (Lipinski definition) is 1. The SMILES string of the molecule is COc1cc(C2C3=CCC4C(=O)N(C)C(=O)C4C3CC3=C2C(=O)C(C)=CC3=O)c(Br)c(Br)c1O. The van der Waals surface area contributed by atoms with E-state index in [2.05, 4.69) is 31.9 Å². The molecule has 0 aromatic heterocycles. The highest BCUT2D eigenvalue weighted by Gasteiger charge is 2.55. The minimum absolute atomic E-state index is 0.0994. The minimum Gasteiger partial charge on any atom is -0.503 e. The highest BCUT2D eigenvalue weighted by molar-refractivity contribution is 9.13. The molecule has 1 fully saturated rings. The zero-order valence-electron chi connectivity index (χ0n) is 18.6. The molecule has 5 rings (SSSR count). The first-order valence-electron chi connectivity index (χ1n) is 10.8. The van der Waals surface area contributed by atoms with Crippen LogP contribution in [0.2, 0.25) is 0 Å². The van der Waals surface area contributed by atoms with Gasteiger partial charge in [-0.3, -0.25) is 24.1 Å². The monoisotopic (exact) mass is 589 g/mol. The second-order valence-corrected chi connectivity index (χ2v) is 10.7. The van der Waals surface area contributed by atoms with Crippen LogP contribution in [-0.4, -0.2) is 47.5 Å². The van der Waals surface area contributed by atoms with E-state index in [1.165, 1.54) is 25.1 Å². The number of aromatic hydroxyl groups is 1. The first kappa shape index (κ1) is 23.2. The number of carbonyl (C=O) groups is 4. The predicted molar refractivity (Wildman–Crippen MR) is 129 cm³/mol. The van der Waals surface area contributed by atoms with Crippen molar-refractivity contribution in [3.63, 3.8) is 0 Å². The second-order valence-electron chi connectivity index (χ2n) is 9.11. The first-order valence-corrected chi connectivity index (χ1v) is 12.4. The van der Waals surface area contributed by atoms with Crippen LogP contribution < -0.4 is 4.74 Å². The van der Waals surface area contributed by atoms with Gasteiger partial charge in [0.15, 0.2) is 23.1 Å². The molecular weight excluding hydrogens is 570 g/mol. The van der Waals surface area contributed by atoms with E-state index in [0.717, 1.165) is 5.57 Å². The number of imide groups is 1. The minimum atomic E-state index is -0.635. The van der Waals surface area contributed by atoms with Crippen LogP contribution in [0.15, 0.2) is 49.5 Å². The fraction of sp³-hybridized carbons (Fsp3) is 0.360. The number of carbonyl (C=O) groups excluding carboxylic acids is 4. The topological polar surface area (TPSA) is 101 Å². The Morgan fingerprint density at radius 2 is 1.79 bits per heavy atom. The van der Waals surface area contributed by atoms with Gasteiger partial charge in [-0.1, -0.05) is 11.6 Å². The Morgan fingerprint density at radius 1 is 1.09 bits per heavy atom. The molecule has 1 saturated heterocycles. The molecule has 4 unspecified atom stereocenters. The number of nitrogens with zero attached hydrogens (tertiary/aromatic N) is 1. The van der Waals surface area contributed by atoms with E-state index in [1.54, 1.807) is 13.0 Å². The predicted octanol–water partition coefficient (Wildman–Crippen LogP) is 3.99. The third-order valence-corrected chi connectivity index (χ3v) is 9.65. The van der Waals surface area contributed by atoms with Gasteiger partial charge in [-0.2, -0.15) is 0 Å². The molecule has 0 radical (unpaired) electrons. The van der Waals surface area contributed by atoms with Crippen molar-refractivity contribution in [1.29, 1.82) is 0 Å². The summed E-state index contributed by atoms with van der Waals surface area (Å²) in [7, 11) is 2.92. The van der Waals surface area contributed by atoms with E-state index in [9.17, 15) is 24.3 Å². The number of hydrogen-bond acceptors (Lipinski definition) is 6. The number of phenols is 1. The third-order valence-electron chi connectivity index (χ3n) is 7.49. The Labute approximate surface area is 212 Å². The van der Waals surface area contributed by atoms with Gasteiger partial charge in [-0.05, 0) is 75.2 Å². The largest absolute Gasteiger partial charge is 0.503 e. The van der Waals surface area contributed by atoms with Crippen molar-refractivity contribution < 1.29 is 29.0 Å².